The molecule has 0 bridgehead atoms. The number of carboxylic acids is 2. The van der Waals surface area contributed by atoms with Gasteiger partial charge in [-0.3, -0.25) is 19.2 Å². The molecule has 0 aromatic heterocycles. The summed E-state index contributed by atoms with van der Waals surface area (Å²) >= 11 is 0. The second-order valence-corrected chi connectivity index (χ2v) is 7.44. The van der Waals surface area contributed by atoms with Crippen LogP contribution in [0.1, 0.15) is 18.9 Å². The third-order valence-corrected chi connectivity index (χ3v) is 4.60. The number of rotatable bonds is 13. The zero-order valence-electron chi connectivity index (χ0n) is 18.2. The quantitative estimate of drug-likeness (QED) is 0.134. The van der Waals surface area contributed by atoms with Crippen LogP contribution in [0.2, 0.25) is 0 Å². The van der Waals surface area contributed by atoms with Crippen LogP contribution < -0.4 is 21.7 Å². The molecule has 0 aliphatic rings. The van der Waals surface area contributed by atoms with E-state index in [0.717, 1.165) is 6.92 Å². The molecule has 1 aromatic carbocycles. The van der Waals surface area contributed by atoms with E-state index in [1.54, 1.807) is 0 Å². The minimum Gasteiger partial charge on any atom is -0.508 e. The molecule has 1 rings (SSSR count). The zero-order valence-corrected chi connectivity index (χ0v) is 18.2. The van der Waals surface area contributed by atoms with Gasteiger partial charge in [-0.1, -0.05) is 12.1 Å². The van der Waals surface area contributed by atoms with Gasteiger partial charge in [0.25, 0.3) is 0 Å². The average Bonchev–Trinajstić information content (AvgIpc) is 2.75. The number of aliphatic hydroxyl groups excluding tert-OH is 2. The summed E-state index contributed by atoms with van der Waals surface area (Å²) in [6.07, 6.45) is -2.38. The van der Waals surface area contributed by atoms with Gasteiger partial charge in [0.05, 0.1) is 25.2 Å². The number of benzene rings is 1. The van der Waals surface area contributed by atoms with Crippen LogP contribution in [-0.4, -0.2) is 92.1 Å². The van der Waals surface area contributed by atoms with Crippen molar-refractivity contribution in [2.45, 2.75) is 50.0 Å². The highest BCUT2D eigenvalue weighted by Gasteiger charge is 2.32. The van der Waals surface area contributed by atoms with Gasteiger partial charge in [-0.25, -0.2) is 4.79 Å². The summed E-state index contributed by atoms with van der Waals surface area (Å²) in [5.74, 6) is -6.00. The number of carbonyl (C=O) groups is 5. The summed E-state index contributed by atoms with van der Waals surface area (Å²) in [5, 5.41) is 52.9. The van der Waals surface area contributed by atoms with Crippen LogP contribution in [-0.2, 0) is 30.4 Å². The first-order valence-corrected chi connectivity index (χ1v) is 10.0. The fourth-order valence-electron chi connectivity index (χ4n) is 2.75. The number of amides is 3. The highest BCUT2D eigenvalue weighted by molar-refractivity contribution is 5.95. The van der Waals surface area contributed by atoms with E-state index in [1.165, 1.54) is 24.3 Å². The molecule has 0 fully saturated rings. The number of nitrogens with two attached hydrogens (primary N) is 1. The maximum absolute atomic E-state index is 12.7. The van der Waals surface area contributed by atoms with E-state index in [0.29, 0.717) is 5.56 Å². The van der Waals surface area contributed by atoms with Crippen LogP contribution in [0, 0.1) is 0 Å². The van der Waals surface area contributed by atoms with Crippen LogP contribution in [0.15, 0.2) is 24.3 Å². The van der Waals surface area contributed by atoms with Crippen molar-refractivity contribution >= 4 is 29.7 Å². The molecule has 10 N–H and O–H groups in total. The molecule has 0 radical (unpaired) electrons. The van der Waals surface area contributed by atoms with E-state index in [9.17, 15) is 44.4 Å². The molecule has 0 saturated carbocycles. The summed E-state index contributed by atoms with van der Waals surface area (Å²) in [7, 11) is 0. The summed E-state index contributed by atoms with van der Waals surface area (Å²) in [4.78, 5) is 59.4. The van der Waals surface area contributed by atoms with Crippen molar-refractivity contribution in [3.63, 3.8) is 0 Å². The summed E-state index contributed by atoms with van der Waals surface area (Å²) in [6, 6.07) is -0.675. The molecule has 0 saturated heterocycles. The molecule has 0 spiro atoms. The molecule has 0 aliphatic heterocycles. The Morgan fingerprint density at radius 2 is 1.44 bits per heavy atom. The van der Waals surface area contributed by atoms with Crippen LogP contribution in [0.5, 0.6) is 5.75 Å². The Hall–Kier alpha value is -3.75. The van der Waals surface area contributed by atoms with Gasteiger partial charge < -0.3 is 47.2 Å². The van der Waals surface area contributed by atoms with Crippen molar-refractivity contribution in [1.29, 1.82) is 0 Å². The molecule has 5 unspecified atom stereocenters. The molecular formula is C20H28N4O10. The minimum atomic E-state index is -1.69. The molecule has 14 heteroatoms. The van der Waals surface area contributed by atoms with E-state index in [-0.39, 0.29) is 12.2 Å². The molecule has 188 valence electrons. The number of phenolic OH excluding ortho intramolecular Hbond substituents is 1. The number of carbonyl (C=O) groups excluding carboxylic acids is 3. The molecule has 34 heavy (non-hydrogen) atoms. The normalized spacial score (nSPS) is 15.2. The van der Waals surface area contributed by atoms with E-state index in [4.69, 9.17) is 10.8 Å². The van der Waals surface area contributed by atoms with Crippen molar-refractivity contribution in [1.82, 2.24) is 16.0 Å². The summed E-state index contributed by atoms with van der Waals surface area (Å²) in [6.45, 7) is 0.223. The van der Waals surface area contributed by atoms with E-state index >= 15 is 0 Å². The van der Waals surface area contributed by atoms with E-state index in [2.05, 4.69) is 16.0 Å². The smallest absolute Gasteiger partial charge is 0.328 e. The average molecular weight is 484 g/mol. The van der Waals surface area contributed by atoms with Gasteiger partial charge in [0, 0.05) is 6.42 Å². The summed E-state index contributed by atoms with van der Waals surface area (Å²) < 4.78 is 0. The van der Waals surface area contributed by atoms with Crippen LogP contribution in [0.25, 0.3) is 0 Å². The second-order valence-electron chi connectivity index (χ2n) is 7.44. The third-order valence-electron chi connectivity index (χ3n) is 4.60. The minimum absolute atomic E-state index is 0.0606. The topological polar surface area (TPSA) is 249 Å². The number of hydrogen-bond acceptors (Lipinski definition) is 9. The van der Waals surface area contributed by atoms with Gasteiger partial charge in [0.2, 0.25) is 17.7 Å². The van der Waals surface area contributed by atoms with Crippen molar-refractivity contribution in [3.8, 4) is 5.75 Å². The Morgan fingerprint density at radius 3 is 1.91 bits per heavy atom. The molecule has 14 nitrogen and oxygen atoms in total. The van der Waals surface area contributed by atoms with Crippen LogP contribution in [0.3, 0.4) is 0 Å². The molecular weight excluding hydrogens is 456 g/mol. The Kier molecular flexibility index (Phi) is 10.9. The maximum atomic E-state index is 12.7. The van der Waals surface area contributed by atoms with Gasteiger partial charge in [-0.2, -0.15) is 0 Å². The van der Waals surface area contributed by atoms with Crippen molar-refractivity contribution in [2.24, 2.45) is 5.73 Å². The number of aromatic hydroxyl groups is 1. The molecule has 1 aromatic rings. The predicted octanol–water partition coefficient (Wildman–Crippen LogP) is -3.35. The van der Waals surface area contributed by atoms with E-state index < -0.39 is 73.0 Å². The van der Waals surface area contributed by atoms with Crippen molar-refractivity contribution in [3.05, 3.63) is 29.8 Å². The molecule has 5 atom stereocenters. The van der Waals surface area contributed by atoms with Gasteiger partial charge in [0.15, 0.2) is 6.04 Å². The second kappa shape index (κ2) is 13.1. The lowest BCUT2D eigenvalue weighted by Crippen LogP contribution is -2.59. The van der Waals surface area contributed by atoms with Crippen molar-refractivity contribution in [2.75, 3.05) is 6.61 Å². The van der Waals surface area contributed by atoms with Gasteiger partial charge >= 0.3 is 11.9 Å². The van der Waals surface area contributed by atoms with Gasteiger partial charge in [0.1, 0.15) is 17.8 Å². The lowest BCUT2D eigenvalue weighted by molar-refractivity contribution is -0.145. The SMILES string of the molecule is CC(O)C(NC(=O)C(Cc1ccc(O)cc1)NC(=O)C(CO)NC(=O)C(N)CC(=O)O)C(=O)O. The highest BCUT2D eigenvalue weighted by Crippen LogP contribution is 2.12. The monoisotopic (exact) mass is 484 g/mol. The van der Waals surface area contributed by atoms with Gasteiger partial charge in [-0.15, -0.1) is 0 Å². The lowest BCUT2D eigenvalue weighted by Gasteiger charge is -2.25. The number of hydrogen-bond donors (Lipinski definition) is 9. The number of nitrogens with one attached hydrogen (secondary N) is 3. The zero-order chi connectivity index (χ0) is 26.0. The fourth-order valence-corrected chi connectivity index (χ4v) is 2.75. The largest absolute Gasteiger partial charge is 0.508 e. The highest BCUT2D eigenvalue weighted by atomic mass is 16.4. The first-order valence-electron chi connectivity index (χ1n) is 10.0. The first-order chi connectivity index (χ1) is 15.8. The van der Waals surface area contributed by atoms with Crippen LogP contribution >= 0.6 is 0 Å². The Morgan fingerprint density at radius 1 is 0.912 bits per heavy atom. The number of phenols is 1. The van der Waals surface area contributed by atoms with E-state index in [1.807, 2.05) is 0 Å². The maximum Gasteiger partial charge on any atom is 0.328 e. The predicted molar refractivity (Wildman–Crippen MR) is 114 cm³/mol. The first kappa shape index (κ1) is 28.3. The molecule has 0 aliphatic carbocycles. The van der Waals surface area contributed by atoms with Crippen LogP contribution in [0.4, 0.5) is 0 Å². The van der Waals surface area contributed by atoms with Crippen molar-refractivity contribution < 1.29 is 49.5 Å². The number of carboxylic acid groups (broad SMARTS) is 2. The number of aliphatic carboxylic acids is 2. The lowest BCUT2D eigenvalue weighted by atomic mass is 10.0. The Balaban J connectivity index is 3.05. The standard InChI is InChI=1S/C20H28N4O10/c1-9(26)16(20(33)34)24-18(31)13(6-10-2-4-11(27)5-3-10)22-19(32)14(8-25)23-17(30)12(21)7-15(28)29/h2-5,9,12-14,16,25-27H,6-8,21H2,1H3,(H,22,32)(H,23,30)(H,24,31)(H,28,29)(H,33,34). The Labute approximate surface area is 193 Å². The summed E-state index contributed by atoms with van der Waals surface area (Å²) in [5.41, 5.74) is 5.88. The molecule has 0 heterocycles. The number of aliphatic hydroxyl groups is 2. The third kappa shape index (κ3) is 9.01. The fraction of sp³-hybridized carbons (Fsp3) is 0.450. The molecule has 3 amide bonds. The van der Waals surface area contributed by atoms with Gasteiger partial charge in [-0.05, 0) is 24.6 Å². The Bertz CT molecular complexity index is 890.